The average molecular weight is 376 g/mol. The summed E-state index contributed by atoms with van der Waals surface area (Å²) in [5.41, 5.74) is 2.86. The van der Waals surface area contributed by atoms with Gasteiger partial charge in [0.25, 0.3) is 0 Å². The van der Waals surface area contributed by atoms with Crippen LogP contribution in [0.1, 0.15) is 0 Å². The van der Waals surface area contributed by atoms with Crippen molar-refractivity contribution < 1.29 is 9.18 Å². The number of aromatic nitrogens is 3. The number of halogens is 2. The van der Waals surface area contributed by atoms with Gasteiger partial charge in [-0.25, -0.2) is 9.37 Å². The first-order chi connectivity index (χ1) is 12.1. The highest BCUT2D eigenvalue weighted by molar-refractivity contribution is 7.22. The molecule has 0 aliphatic carbocycles. The van der Waals surface area contributed by atoms with Crippen LogP contribution in [0.15, 0.2) is 24.4 Å². The molecule has 2 aromatic heterocycles. The first-order valence-electron chi connectivity index (χ1n) is 7.27. The Labute approximate surface area is 150 Å². The van der Waals surface area contributed by atoms with Gasteiger partial charge in [0.2, 0.25) is 6.41 Å². The van der Waals surface area contributed by atoms with Crippen LogP contribution in [-0.4, -0.2) is 28.6 Å². The second-order valence-electron chi connectivity index (χ2n) is 5.25. The van der Waals surface area contributed by atoms with E-state index in [-0.39, 0.29) is 10.7 Å². The van der Waals surface area contributed by atoms with Crippen molar-refractivity contribution in [3.63, 3.8) is 0 Å². The Hall–Kier alpha value is -2.71. The van der Waals surface area contributed by atoms with Gasteiger partial charge in [0, 0.05) is 18.0 Å². The van der Waals surface area contributed by atoms with E-state index in [9.17, 15) is 9.18 Å². The first kappa shape index (κ1) is 15.8. The molecule has 2 heterocycles. The van der Waals surface area contributed by atoms with E-state index in [1.54, 1.807) is 13.2 Å². The average Bonchev–Trinajstić information content (AvgIpc) is 3.22. The summed E-state index contributed by atoms with van der Waals surface area (Å²) in [6.07, 6.45) is 2.20. The number of nitrogens with one attached hydrogen (secondary N) is 3. The molecule has 3 N–H and O–H groups in total. The Balaban J connectivity index is 1.98. The second kappa shape index (κ2) is 5.98. The van der Waals surface area contributed by atoms with Gasteiger partial charge < -0.3 is 10.6 Å². The van der Waals surface area contributed by atoms with Crippen molar-refractivity contribution in [3.05, 3.63) is 35.2 Å². The topological polar surface area (TPSA) is 82.7 Å². The van der Waals surface area contributed by atoms with Gasteiger partial charge in [-0.15, -0.1) is 0 Å². The molecule has 2 aromatic carbocycles. The lowest BCUT2D eigenvalue weighted by atomic mass is 10.0. The molecular formula is C16H11ClFN5OS. The van der Waals surface area contributed by atoms with E-state index in [2.05, 4.69) is 25.8 Å². The standard InChI is InChI=1S/C16H11ClFN5OS/c1-19-15-13(18)12(17)11(8-5-21-23-14(8)15)7-2-3-9-10(4-7)25-16(22-9)20-6-24/h2-6,19H,1H3,(H,21,23)(H,20,22,24). The zero-order chi connectivity index (χ0) is 17.6. The van der Waals surface area contributed by atoms with Gasteiger partial charge in [0.1, 0.15) is 0 Å². The molecule has 0 spiro atoms. The summed E-state index contributed by atoms with van der Waals surface area (Å²) in [5.74, 6) is -0.538. The third kappa shape index (κ3) is 2.41. The summed E-state index contributed by atoms with van der Waals surface area (Å²) in [7, 11) is 1.62. The Morgan fingerprint density at radius 1 is 1.40 bits per heavy atom. The van der Waals surface area contributed by atoms with Crippen LogP contribution in [0.4, 0.5) is 15.2 Å². The van der Waals surface area contributed by atoms with E-state index in [0.29, 0.717) is 28.0 Å². The number of aromatic amines is 1. The fourth-order valence-electron chi connectivity index (χ4n) is 2.82. The summed E-state index contributed by atoms with van der Waals surface area (Å²) < 4.78 is 15.5. The smallest absolute Gasteiger partial charge is 0.213 e. The molecule has 0 fully saturated rings. The maximum Gasteiger partial charge on any atom is 0.213 e. The summed E-state index contributed by atoms with van der Waals surface area (Å²) in [5, 5.41) is 13.4. The quantitative estimate of drug-likeness (QED) is 0.466. The van der Waals surface area contributed by atoms with E-state index in [4.69, 9.17) is 11.6 Å². The molecule has 126 valence electrons. The molecule has 6 nitrogen and oxygen atoms in total. The van der Waals surface area contributed by atoms with E-state index < -0.39 is 5.82 Å². The van der Waals surface area contributed by atoms with Crippen molar-refractivity contribution in [2.24, 2.45) is 0 Å². The van der Waals surface area contributed by atoms with Gasteiger partial charge >= 0.3 is 0 Å². The van der Waals surface area contributed by atoms with Crippen LogP contribution in [0, 0.1) is 5.82 Å². The minimum atomic E-state index is -0.538. The lowest BCUT2D eigenvalue weighted by molar-refractivity contribution is -0.105. The summed E-state index contributed by atoms with van der Waals surface area (Å²) in [6.45, 7) is 0. The Morgan fingerprint density at radius 2 is 2.24 bits per heavy atom. The van der Waals surface area contributed by atoms with Gasteiger partial charge in [0.15, 0.2) is 10.9 Å². The number of nitrogens with zero attached hydrogens (tertiary/aromatic N) is 2. The largest absolute Gasteiger partial charge is 0.384 e. The fraction of sp³-hybridized carbons (Fsp3) is 0.0625. The van der Waals surface area contributed by atoms with Crippen molar-refractivity contribution in [1.82, 2.24) is 15.2 Å². The molecule has 25 heavy (non-hydrogen) atoms. The van der Waals surface area contributed by atoms with Gasteiger partial charge in [0.05, 0.1) is 32.6 Å². The summed E-state index contributed by atoms with van der Waals surface area (Å²) in [6, 6.07) is 5.50. The minimum Gasteiger partial charge on any atom is -0.384 e. The highest BCUT2D eigenvalue weighted by Crippen LogP contribution is 2.42. The molecule has 9 heteroatoms. The van der Waals surface area contributed by atoms with E-state index in [1.807, 2.05) is 18.2 Å². The van der Waals surface area contributed by atoms with E-state index in [1.165, 1.54) is 11.3 Å². The second-order valence-corrected chi connectivity index (χ2v) is 6.66. The molecule has 0 radical (unpaired) electrons. The molecule has 0 aliphatic heterocycles. The lowest BCUT2D eigenvalue weighted by Gasteiger charge is -2.12. The molecule has 0 atom stereocenters. The third-order valence-electron chi connectivity index (χ3n) is 3.90. The Morgan fingerprint density at radius 3 is 3.00 bits per heavy atom. The van der Waals surface area contributed by atoms with Crippen LogP contribution in [0.3, 0.4) is 0 Å². The maximum atomic E-state index is 14.7. The van der Waals surface area contributed by atoms with Gasteiger partial charge in [-0.1, -0.05) is 29.0 Å². The Kier molecular flexibility index (Phi) is 3.78. The van der Waals surface area contributed by atoms with Crippen LogP contribution in [0.5, 0.6) is 0 Å². The molecule has 0 unspecified atom stereocenters. The molecule has 0 saturated heterocycles. The third-order valence-corrected chi connectivity index (χ3v) is 5.20. The first-order valence-corrected chi connectivity index (χ1v) is 8.46. The van der Waals surface area contributed by atoms with Crippen molar-refractivity contribution in [3.8, 4) is 11.1 Å². The number of benzene rings is 2. The number of amides is 1. The molecule has 0 aliphatic rings. The van der Waals surface area contributed by atoms with E-state index >= 15 is 0 Å². The zero-order valence-electron chi connectivity index (χ0n) is 12.9. The van der Waals surface area contributed by atoms with Gasteiger partial charge in [-0.3, -0.25) is 9.89 Å². The van der Waals surface area contributed by atoms with Crippen molar-refractivity contribution in [2.75, 3.05) is 17.7 Å². The SMILES string of the molecule is CNc1c(F)c(Cl)c(-c2ccc3nc(NC=O)sc3c2)c2cn[nH]c12. The molecule has 1 amide bonds. The number of carbonyl (C=O) groups is 1. The molecule has 4 rings (SSSR count). The number of thiazole rings is 1. The van der Waals surface area contributed by atoms with Crippen molar-refractivity contribution >= 4 is 61.3 Å². The van der Waals surface area contributed by atoms with E-state index in [0.717, 1.165) is 15.8 Å². The molecule has 4 aromatic rings. The molecule has 0 bridgehead atoms. The monoisotopic (exact) mass is 375 g/mol. The Bertz CT molecular complexity index is 1120. The van der Waals surface area contributed by atoms with Crippen molar-refractivity contribution in [2.45, 2.75) is 0 Å². The van der Waals surface area contributed by atoms with Crippen molar-refractivity contribution in [1.29, 1.82) is 0 Å². The van der Waals surface area contributed by atoms with Gasteiger partial charge in [-0.2, -0.15) is 5.10 Å². The number of H-pyrrole nitrogens is 1. The lowest BCUT2D eigenvalue weighted by Crippen LogP contribution is -1.97. The number of anilines is 2. The predicted octanol–water partition coefficient (Wildman–Crippen LogP) is 4.24. The van der Waals surface area contributed by atoms with Crippen LogP contribution in [0.25, 0.3) is 32.2 Å². The number of hydrogen-bond acceptors (Lipinski definition) is 5. The zero-order valence-corrected chi connectivity index (χ0v) is 14.4. The van der Waals surface area contributed by atoms with Crippen LogP contribution in [0.2, 0.25) is 5.02 Å². The number of rotatable bonds is 4. The molecular weight excluding hydrogens is 365 g/mol. The number of carbonyl (C=O) groups excluding carboxylic acids is 1. The summed E-state index contributed by atoms with van der Waals surface area (Å²) in [4.78, 5) is 14.9. The maximum absolute atomic E-state index is 14.7. The van der Waals surface area contributed by atoms with Crippen LogP contribution >= 0.6 is 22.9 Å². The molecule has 0 saturated carbocycles. The number of hydrogen-bond donors (Lipinski definition) is 3. The van der Waals surface area contributed by atoms with Crippen LogP contribution in [-0.2, 0) is 4.79 Å². The van der Waals surface area contributed by atoms with Crippen LogP contribution < -0.4 is 10.6 Å². The van der Waals surface area contributed by atoms with Gasteiger partial charge in [-0.05, 0) is 17.7 Å². The predicted molar refractivity (Wildman–Crippen MR) is 98.9 cm³/mol. The fourth-order valence-corrected chi connectivity index (χ4v) is 3.99. The number of fused-ring (bicyclic) bond motifs is 2. The summed E-state index contributed by atoms with van der Waals surface area (Å²) >= 11 is 7.66. The normalized spacial score (nSPS) is 11.2. The minimum absolute atomic E-state index is 0.0216. The highest BCUT2D eigenvalue weighted by Gasteiger charge is 2.21. The highest BCUT2D eigenvalue weighted by atomic mass is 35.5.